The van der Waals surface area contributed by atoms with Crippen molar-refractivity contribution in [3.05, 3.63) is 58.7 Å². The maximum Gasteiger partial charge on any atom is 0.253 e. The Morgan fingerprint density at radius 3 is 2.21 bits per heavy atom. The summed E-state index contributed by atoms with van der Waals surface area (Å²) >= 11 is 0. The van der Waals surface area contributed by atoms with Gasteiger partial charge < -0.3 is 24.2 Å². The fourth-order valence-electron chi connectivity index (χ4n) is 5.98. The van der Waals surface area contributed by atoms with Crippen LogP contribution in [0.3, 0.4) is 0 Å². The minimum atomic E-state index is 0.000918. The molecule has 38 heavy (non-hydrogen) atoms. The van der Waals surface area contributed by atoms with E-state index in [1.165, 1.54) is 18.4 Å². The van der Waals surface area contributed by atoms with Crippen LogP contribution in [-0.4, -0.2) is 99.3 Å². The van der Waals surface area contributed by atoms with Crippen molar-refractivity contribution in [1.29, 1.82) is 0 Å². The number of likely N-dealkylation sites (N-methyl/N-ethyl adjacent to an activating group) is 1. The van der Waals surface area contributed by atoms with Gasteiger partial charge in [-0.25, -0.2) is 0 Å². The van der Waals surface area contributed by atoms with Gasteiger partial charge in [-0.1, -0.05) is 25.0 Å². The summed E-state index contributed by atoms with van der Waals surface area (Å²) in [6.45, 7) is 2.62. The summed E-state index contributed by atoms with van der Waals surface area (Å²) in [6, 6.07) is 12.3. The van der Waals surface area contributed by atoms with Crippen LogP contribution < -0.4 is 9.47 Å². The molecule has 202 valence electrons. The smallest absolute Gasteiger partial charge is 0.253 e. The van der Waals surface area contributed by atoms with Crippen molar-refractivity contribution in [2.45, 2.75) is 37.6 Å². The lowest BCUT2D eigenvalue weighted by Gasteiger charge is -2.36. The summed E-state index contributed by atoms with van der Waals surface area (Å²) in [7, 11) is 7.11. The maximum absolute atomic E-state index is 13.2. The highest BCUT2D eigenvalue weighted by Crippen LogP contribution is 2.44. The van der Waals surface area contributed by atoms with Crippen molar-refractivity contribution < 1.29 is 19.1 Å². The lowest BCUT2D eigenvalue weighted by Crippen LogP contribution is -2.52. The van der Waals surface area contributed by atoms with Crippen molar-refractivity contribution in [2.24, 2.45) is 4.99 Å². The topological polar surface area (TPSA) is 74.7 Å². The van der Waals surface area contributed by atoms with Gasteiger partial charge in [0.15, 0.2) is 11.5 Å². The summed E-state index contributed by atoms with van der Waals surface area (Å²) in [5.41, 5.74) is 4.97. The largest absolute Gasteiger partial charge is 0.493 e. The van der Waals surface area contributed by atoms with Crippen LogP contribution in [0.1, 0.15) is 58.6 Å². The zero-order chi connectivity index (χ0) is 26.8. The molecule has 0 N–H and O–H groups in total. The minimum Gasteiger partial charge on any atom is -0.493 e. The molecule has 3 aliphatic rings. The molecule has 2 heterocycles. The number of piperazine rings is 1. The molecule has 2 fully saturated rings. The van der Waals surface area contributed by atoms with E-state index in [0.717, 1.165) is 35.4 Å². The first-order valence-corrected chi connectivity index (χ1v) is 13.6. The molecule has 0 aromatic heterocycles. The van der Waals surface area contributed by atoms with Crippen molar-refractivity contribution in [2.75, 3.05) is 61.0 Å². The summed E-state index contributed by atoms with van der Waals surface area (Å²) < 4.78 is 11.3. The zero-order valence-corrected chi connectivity index (χ0v) is 22.9. The predicted molar refractivity (Wildman–Crippen MR) is 148 cm³/mol. The number of methoxy groups -OCH3 is 2. The highest BCUT2D eigenvalue weighted by atomic mass is 16.5. The van der Waals surface area contributed by atoms with Crippen LogP contribution in [0.15, 0.2) is 41.4 Å². The van der Waals surface area contributed by atoms with E-state index < -0.39 is 0 Å². The third-order valence-electron chi connectivity index (χ3n) is 8.01. The molecule has 1 saturated carbocycles. The number of amides is 2. The Kier molecular flexibility index (Phi) is 7.70. The number of aliphatic imine (C=N–C) groups is 1. The number of nitrogens with zero attached hydrogens (tertiary/aromatic N) is 4. The Balaban J connectivity index is 1.36. The van der Waals surface area contributed by atoms with Crippen molar-refractivity contribution in [3.63, 3.8) is 0 Å². The second-order valence-corrected chi connectivity index (χ2v) is 10.7. The highest BCUT2D eigenvalue weighted by Gasteiger charge is 2.35. The van der Waals surface area contributed by atoms with Gasteiger partial charge in [0.2, 0.25) is 5.91 Å². The first-order chi connectivity index (χ1) is 18.4. The average Bonchev–Trinajstić information content (AvgIpc) is 2.95. The van der Waals surface area contributed by atoms with Crippen molar-refractivity contribution in [1.82, 2.24) is 14.7 Å². The van der Waals surface area contributed by atoms with Crippen LogP contribution in [0, 0.1) is 0 Å². The van der Waals surface area contributed by atoms with E-state index in [4.69, 9.17) is 14.5 Å². The monoisotopic (exact) mass is 518 g/mol. The van der Waals surface area contributed by atoms with Gasteiger partial charge >= 0.3 is 0 Å². The molecular weight excluding hydrogens is 480 g/mol. The molecule has 2 aromatic carbocycles. The van der Waals surface area contributed by atoms with Crippen LogP contribution in [0.4, 0.5) is 0 Å². The molecular formula is C30H38N4O4. The Labute approximate surface area is 225 Å². The van der Waals surface area contributed by atoms with E-state index in [0.29, 0.717) is 50.0 Å². The Morgan fingerprint density at radius 1 is 0.921 bits per heavy atom. The maximum atomic E-state index is 13.2. The van der Waals surface area contributed by atoms with Crippen LogP contribution in [0.5, 0.6) is 11.5 Å². The first kappa shape index (κ1) is 26.2. The molecule has 5 rings (SSSR count). The Bertz CT molecular complexity index is 1220. The molecule has 2 amide bonds. The van der Waals surface area contributed by atoms with Gasteiger partial charge in [-0.3, -0.25) is 14.6 Å². The highest BCUT2D eigenvalue weighted by molar-refractivity contribution is 6.15. The number of carbonyl (C=O) groups is 2. The van der Waals surface area contributed by atoms with E-state index in [-0.39, 0.29) is 17.9 Å². The van der Waals surface area contributed by atoms with Crippen LogP contribution in [-0.2, 0) is 4.79 Å². The van der Waals surface area contributed by atoms with Gasteiger partial charge in [-0.15, -0.1) is 0 Å². The van der Waals surface area contributed by atoms with Gasteiger partial charge in [0.05, 0.1) is 32.5 Å². The fraction of sp³-hybridized carbons (Fsp3) is 0.500. The summed E-state index contributed by atoms with van der Waals surface area (Å²) in [4.78, 5) is 36.4. The third-order valence-corrected chi connectivity index (χ3v) is 8.01. The molecule has 8 heteroatoms. The predicted octanol–water partition coefficient (Wildman–Crippen LogP) is 3.43. The first-order valence-electron chi connectivity index (χ1n) is 13.6. The van der Waals surface area contributed by atoms with Crippen LogP contribution in [0.25, 0.3) is 0 Å². The number of hydrogen-bond acceptors (Lipinski definition) is 6. The lowest BCUT2D eigenvalue weighted by molar-refractivity contribution is -0.133. The van der Waals surface area contributed by atoms with Gasteiger partial charge in [0.1, 0.15) is 0 Å². The van der Waals surface area contributed by atoms with E-state index in [2.05, 4.69) is 6.07 Å². The van der Waals surface area contributed by atoms with Gasteiger partial charge in [-0.2, -0.15) is 0 Å². The molecule has 1 saturated heterocycles. The second-order valence-electron chi connectivity index (χ2n) is 10.7. The average molecular weight is 519 g/mol. The van der Waals surface area contributed by atoms with Crippen LogP contribution in [0.2, 0.25) is 0 Å². The molecule has 1 aliphatic carbocycles. The molecule has 2 atom stereocenters. The third kappa shape index (κ3) is 5.14. The minimum absolute atomic E-state index is 0.000918. The molecule has 2 aliphatic heterocycles. The van der Waals surface area contributed by atoms with Gasteiger partial charge in [0.25, 0.3) is 5.91 Å². The summed E-state index contributed by atoms with van der Waals surface area (Å²) in [5, 5.41) is 0. The molecule has 0 bridgehead atoms. The van der Waals surface area contributed by atoms with Crippen LogP contribution >= 0.6 is 0 Å². The number of carbonyl (C=O) groups excluding carboxylic acids is 2. The quantitative estimate of drug-likeness (QED) is 0.586. The molecule has 0 spiro atoms. The summed E-state index contributed by atoms with van der Waals surface area (Å²) in [5.74, 6) is 1.95. The Morgan fingerprint density at radius 2 is 1.55 bits per heavy atom. The molecule has 0 unspecified atom stereocenters. The van der Waals surface area contributed by atoms with E-state index in [9.17, 15) is 9.59 Å². The molecule has 0 radical (unpaired) electrons. The Hall–Kier alpha value is -3.39. The number of benzene rings is 2. The fourth-order valence-corrected chi connectivity index (χ4v) is 5.98. The summed E-state index contributed by atoms with van der Waals surface area (Å²) in [6.07, 6.45) is 4.63. The number of rotatable bonds is 6. The number of fused-ring (bicyclic) bond motifs is 3. The van der Waals surface area contributed by atoms with Gasteiger partial charge in [-0.05, 0) is 56.8 Å². The molecule has 2 aromatic rings. The van der Waals surface area contributed by atoms with Gasteiger partial charge in [0, 0.05) is 48.8 Å². The lowest BCUT2D eigenvalue weighted by atomic mass is 9.75. The van der Waals surface area contributed by atoms with E-state index in [1.807, 2.05) is 59.1 Å². The normalized spacial score (nSPS) is 20.9. The van der Waals surface area contributed by atoms with Crippen molar-refractivity contribution in [3.8, 4) is 11.5 Å². The second kappa shape index (κ2) is 11.2. The number of ether oxygens (including phenoxy) is 2. The van der Waals surface area contributed by atoms with E-state index in [1.54, 1.807) is 14.2 Å². The van der Waals surface area contributed by atoms with E-state index >= 15 is 0 Å². The number of hydrogen-bond donors (Lipinski definition) is 0. The van der Waals surface area contributed by atoms with Crippen molar-refractivity contribution >= 4 is 17.5 Å². The molecule has 8 nitrogen and oxygen atoms in total. The zero-order valence-electron chi connectivity index (χ0n) is 22.9. The SMILES string of the molecule is COc1cc2c(cc1OC)[C@H]1CCCC[C@H]1N=C2c1ccc(C(=O)N2CCN(C(=O)CN(C)C)CC2)cc1. The standard InChI is InChI=1S/C30H38N4O4/c1-32(2)19-28(35)33-13-15-34(16-14-33)30(36)21-11-9-20(10-12-21)29-24-18-27(38-4)26(37-3)17-23(24)22-7-5-6-8-25(22)31-29/h9-12,17-18,22,25H,5-8,13-16,19H2,1-4H3/t22-,25-/m1/s1.